The summed E-state index contributed by atoms with van der Waals surface area (Å²) >= 11 is 7.68. The van der Waals surface area contributed by atoms with Crippen molar-refractivity contribution in [3.63, 3.8) is 0 Å². The highest BCUT2D eigenvalue weighted by Crippen LogP contribution is 2.48. The van der Waals surface area contributed by atoms with Crippen LogP contribution in [0.15, 0.2) is 42.5 Å². The molecule has 30 heavy (non-hydrogen) atoms. The molecule has 152 valence electrons. The highest BCUT2D eigenvalue weighted by atomic mass is 35.5. The summed E-state index contributed by atoms with van der Waals surface area (Å²) in [5.41, 5.74) is 4.92. The highest BCUT2D eigenvalue weighted by molar-refractivity contribution is 7.07. The SMILES string of the molecule is Cc1cc(/C(O)=C2\C(=O)Nc3cc(Cl)c(-c4ccc(C5(CO)CC5)cc4)cc32)sn1. The molecule has 1 amide bonds. The van der Waals surface area contributed by atoms with Gasteiger partial charge in [0, 0.05) is 16.5 Å². The fraction of sp³-hybridized carbons (Fsp3) is 0.217. The molecule has 1 aromatic heterocycles. The van der Waals surface area contributed by atoms with Gasteiger partial charge in [-0.05, 0) is 60.6 Å². The first-order chi connectivity index (χ1) is 14.4. The number of hydrogen-bond donors (Lipinski definition) is 3. The number of nitrogens with zero attached hydrogens (tertiary/aromatic N) is 1. The minimum Gasteiger partial charge on any atom is -0.506 e. The van der Waals surface area contributed by atoms with Crippen LogP contribution in [0.4, 0.5) is 5.69 Å². The zero-order valence-electron chi connectivity index (χ0n) is 16.2. The first-order valence-corrected chi connectivity index (χ1v) is 10.8. The maximum atomic E-state index is 12.6. The topological polar surface area (TPSA) is 82.5 Å². The summed E-state index contributed by atoms with van der Waals surface area (Å²) < 4.78 is 4.19. The van der Waals surface area contributed by atoms with E-state index in [1.165, 1.54) is 0 Å². The van der Waals surface area contributed by atoms with Gasteiger partial charge in [-0.1, -0.05) is 35.9 Å². The van der Waals surface area contributed by atoms with Crippen molar-refractivity contribution in [2.45, 2.75) is 25.2 Å². The molecule has 0 saturated heterocycles. The van der Waals surface area contributed by atoms with E-state index in [-0.39, 0.29) is 29.3 Å². The molecule has 2 heterocycles. The molecule has 0 bridgehead atoms. The maximum Gasteiger partial charge on any atom is 0.260 e. The third kappa shape index (κ3) is 3.03. The first-order valence-electron chi connectivity index (χ1n) is 9.66. The van der Waals surface area contributed by atoms with Crippen LogP contribution in [0.2, 0.25) is 5.02 Å². The van der Waals surface area contributed by atoms with Gasteiger partial charge in [0.1, 0.15) is 5.76 Å². The normalized spacial score (nSPS) is 18.2. The average molecular weight is 439 g/mol. The van der Waals surface area contributed by atoms with Gasteiger partial charge in [0.25, 0.3) is 5.91 Å². The smallest absolute Gasteiger partial charge is 0.260 e. The quantitative estimate of drug-likeness (QED) is 0.387. The largest absolute Gasteiger partial charge is 0.506 e. The van der Waals surface area contributed by atoms with E-state index in [9.17, 15) is 15.0 Å². The van der Waals surface area contributed by atoms with Crippen molar-refractivity contribution in [1.29, 1.82) is 0 Å². The van der Waals surface area contributed by atoms with Crippen LogP contribution >= 0.6 is 23.1 Å². The van der Waals surface area contributed by atoms with Crippen molar-refractivity contribution in [2.75, 3.05) is 11.9 Å². The molecule has 1 saturated carbocycles. The maximum absolute atomic E-state index is 12.6. The number of aliphatic hydroxyl groups excluding tert-OH is 2. The lowest BCUT2D eigenvalue weighted by Crippen LogP contribution is -2.11. The Morgan fingerprint density at radius 3 is 2.53 bits per heavy atom. The Morgan fingerprint density at radius 2 is 1.93 bits per heavy atom. The van der Waals surface area contributed by atoms with Crippen LogP contribution in [-0.2, 0) is 10.2 Å². The van der Waals surface area contributed by atoms with Gasteiger partial charge in [0.15, 0.2) is 0 Å². The molecule has 3 N–H and O–H groups in total. The van der Waals surface area contributed by atoms with Gasteiger partial charge < -0.3 is 15.5 Å². The fourth-order valence-electron chi connectivity index (χ4n) is 3.94. The van der Waals surface area contributed by atoms with E-state index >= 15 is 0 Å². The number of halogens is 1. The Bertz CT molecular complexity index is 1210. The molecule has 0 unspecified atom stereocenters. The lowest BCUT2D eigenvalue weighted by atomic mass is 9.93. The third-order valence-electron chi connectivity index (χ3n) is 5.91. The van der Waals surface area contributed by atoms with Gasteiger partial charge in [0.2, 0.25) is 0 Å². The Morgan fingerprint density at radius 1 is 1.20 bits per heavy atom. The number of aryl methyl sites for hydroxylation is 1. The molecule has 1 aliphatic heterocycles. The molecule has 1 fully saturated rings. The van der Waals surface area contributed by atoms with Crippen molar-refractivity contribution < 1.29 is 15.0 Å². The van der Waals surface area contributed by atoms with E-state index in [1.54, 1.807) is 12.1 Å². The Balaban J connectivity index is 1.59. The molecular weight excluding hydrogens is 420 g/mol. The number of aliphatic hydroxyl groups is 2. The van der Waals surface area contributed by atoms with E-state index in [1.807, 2.05) is 37.3 Å². The number of carbonyl (C=O) groups excluding carboxylic acids is 1. The molecule has 0 radical (unpaired) electrons. The standard InChI is InChI=1S/C23H19ClN2O3S/c1-12-8-19(30-26-12)21(28)20-16-9-15(17(24)10-18(16)25-22(20)29)13-2-4-14(5-3-13)23(11-27)6-7-23/h2-5,8-10,27-28H,6-7,11H2,1H3,(H,25,29)/b21-20+. The van der Waals surface area contributed by atoms with E-state index in [4.69, 9.17) is 11.6 Å². The zero-order chi connectivity index (χ0) is 21.0. The van der Waals surface area contributed by atoms with E-state index < -0.39 is 0 Å². The van der Waals surface area contributed by atoms with Crippen LogP contribution in [0.25, 0.3) is 22.5 Å². The number of carbonyl (C=O) groups is 1. The number of anilines is 1. The van der Waals surface area contributed by atoms with Crippen LogP contribution in [0.5, 0.6) is 0 Å². The van der Waals surface area contributed by atoms with Gasteiger partial charge in [-0.15, -0.1) is 0 Å². The predicted octanol–water partition coefficient (Wildman–Crippen LogP) is 5.17. The van der Waals surface area contributed by atoms with E-state index in [0.717, 1.165) is 46.8 Å². The number of aromatic nitrogens is 1. The molecule has 2 aliphatic rings. The highest BCUT2D eigenvalue weighted by Gasteiger charge is 2.43. The number of benzene rings is 2. The molecule has 7 heteroatoms. The van der Waals surface area contributed by atoms with Gasteiger partial charge >= 0.3 is 0 Å². The number of amides is 1. The van der Waals surface area contributed by atoms with Crippen LogP contribution in [0.1, 0.15) is 34.5 Å². The summed E-state index contributed by atoms with van der Waals surface area (Å²) in [6, 6.07) is 13.3. The summed E-state index contributed by atoms with van der Waals surface area (Å²) in [5, 5.41) is 23.7. The predicted molar refractivity (Wildman–Crippen MR) is 120 cm³/mol. The fourth-order valence-corrected chi connectivity index (χ4v) is 4.92. The second-order valence-electron chi connectivity index (χ2n) is 7.90. The Kier molecular flexibility index (Phi) is 4.47. The van der Waals surface area contributed by atoms with Crippen LogP contribution in [-0.4, -0.2) is 27.1 Å². The minimum atomic E-state index is -0.365. The number of fused-ring (bicyclic) bond motifs is 1. The lowest BCUT2D eigenvalue weighted by Gasteiger charge is -2.14. The molecule has 2 aromatic carbocycles. The molecule has 3 aromatic rings. The second kappa shape index (κ2) is 6.94. The van der Waals surface area contributed by atoms with Crippen molar-refractivity contribution in [2.24, 2.45) is 0 Å². The van der Waals surface area contributed by atoms with Crippen molar-refractivity contribution in [1.82, 2.24) is 4.37 Å². The number of hydrogen-bond acceptors (Lipinski definition) is 5. The number of nitrogens with one attached hydrogen (secondary N) is 1. The lowest BCUT2D eigenvalue weighted by molar-refractivity contribution is -0.110. The Hall–Kier alpha value is -2.67. The molecule has 5 nitrogen and oxygen atoms in total. The van der Waals surface area contributed by atoms with Gasteiger partial charge in [-0.2, -0.15) is 4.37 Å². The Labute approximate surface area is 182 Å². The molecule has 5 rings (SSSR count). The number of rotatable bonds is 4. The molecule has 0 atom stereocenters. The van der Waals surface area contributed by atoms with E-state index in [0.29, 0.717) is 21.2 Å². The monoisotopic (exact) mass is 438 g/mol. The summed E-state index contributed by atoms with van der Waals surface area (Å²) in [6.07, 6.45) is 2.00. The van der Waals surface area contributed by atoms with Crippen molar-refractivity contribution >= 4 is 46.1 Å². The van der Waals surface area contributed by atoms with Gasteiger partial charge in [0.05, 0.1) is 33.5 Å². The van der Waals surface area contributed by atoms with Crippen molar-refractivity contribution in [3.05, 3.63) is 69.2 Å². The zero-order valence-corrected chi connectivity index (χ0v) is 17.8. The van der Waals surface area contributed by atoms with Gasteiger partial charge in [-0.25, -0.2) is 0 Å². The van der Waals surface area contributed by atoms with Crippen LogP contribution < -0.4 is 5.32 Å². The molecule has 1 aliphatic carbocycles. The average Bonchev–Trinajstić information content (AvgIpc) is 3.32. The van der Waals surface area contributed by atoms with Crippen LogP contribution in [0, 0.1) is 6.92 Å². The van der Waals surface area contributed by atoms with Crippen molar-refractivity contribution in [3.8, 4) is 11.1 Å². The first kappa shape index (κ1) is 19.3. The van der Waals surface area contributed by atoms with Gasteiger partial charge in [-0.3, -0.25) is 4.79 Å². The van der Waals surface area contributed by atoms with E-state index in [2.05, 4.69) is 9.69 Å². The third-order valence-corrected chi connectivity index (χ3v) is 7.11. The molecular formula is C23H19ClN2O3S. The summed E-state index contributed by atoms with van der Waals surface area (Å²) in [4.78, 5) is 13.1. The minimum absolute atomic E-state index is 0.0842. The summed E-state index contributed by atoms with van der Waals surface area (Å²) in [6.45, 7) is 1.99. The van der Waals surface area contributed by atoms with Crippen LogP contribution in [0.3, 0.4) is 0 Å². The summed E-state index contributed by atoms with van der Waals surface area (Å²) in [5.74, 6) is -0.449. The second-order valence-corrected chi connectivity index (χ2v) is 9.12. The molecule has 0 spiro atoms. The summed E-state index contributed by atoms with van der Waals surface area (Å²) in [7, 11) is 0.